The van der Waals surface area contributed by atoms with Crippen molar-refractivity contribution in [2.45, 2.75) is 31.2 Å². The number of fused-ring (bicyclic) bond motifs is 3. The van der Waals surface area contributed by atoms with Gasteiger partial charge in [0, 0.05) is 17.2 Å². The molecule has 1 aromatic heterocycles. The Bertz CT molecular complexity index is 1020. The van der Waals surface area contributed by atoms with E-state index in [9.17, 15) is 14.7 Å². The van der Waals surface area contributed by atoms with Gasteiger partial charge in [-0.1, -0.05) is 54.6 Å². The molecule has 4 rings (SSSR count). The molecule has 154 valence electrons. The molecule has 1 heterocycles. The van der Waals surface area contributed by atoms with Crippen LogP contribution in [0.3, 0.4) is 0 Å². The second-order valence-corrected chi connectivity index (χ2v) is 8.87. The molecule has 30 heavy (non-hydrogen) atoms. The van der Waals surface area contributed by atoms with E-state index in [2.05, 4.69) is 29.6 Å². The first-order valence-electron chi connectivity index (χ1n) is 9.82. The number of amides is 1. The van der Waals surface area contributed by atoms with Crippen LogP contribution in [0.5, 0.6) is 0 Å². The summed E-state index contributed by atoms with van der Waals surface area (Å²) in [6, 6.07) is 20.1. The lowest BCUT2D eigenvalue weighted by atomic mass is 9.93. The van der Waals surface area contributed by atoms with Crippen molar-refractivity contribution in [1.29, 1.82) is 0 Å². The Labute approximate surface area is 179 Å². The summed E-state index contributed by atoms with van der Waals surface area (Å²) in [5.41, 5.74) is 3.67. The lowest BCUT2D eigenvalue weighted by Gasteiger charge is -2.28. The molecule has 2 N–H and O–H groups in total. The van der Waals surface area contributed by atoms with Crippen molar-refractivity contribution >= 4 is 23.4 Å². The van der Waals surface area contributed by atoms with Crippen LogP contribution in [0.1, 0.15) is 35.3 Å². The van der Waals surface area contributed by atoms with Gasteiger partial charge in [0.2, 0.25) is 0 Å². The standard InChI is InChI=1S/C24H23NO4S/c1-24(14-22(26)27,13-16-7-6-12-30-16)25-23(28)29-15-21-19-10-4-2-8-17(19)18-9-3-5-11-20(18)21/h2-12,21H,13-15H2,1H3,(H,25,28)(H,26,27). The number of rotatable bonds is 7. The maximum atomic E-state index is 12.6. The maximum Gasteiger partial charge on any atom is 0.407 e. The van der Waals surface area contributed by atoms with E-state index in [1.807, 2.05) is 41.8 Å². The average molecular weight is 422 g/mol. The number of hydrogen-bond acceptors (Lipinski definition) is 4. The van der Waals surface area contributed by atoms with Crippen molar-refractivity contribution in [2.75, 3.05) is 6.61 Å². The van der Waals surface area contributed by atoms with Crippen LogP contribution in [0.4, 0.5) is 4.79 Å². The van der Waals surface area contributed by atoms with E-state index in [1.165, 1.54) is 11.3 Å². The first-order chi connectivity index (χ1) is 14.5. The Hall–Kier alpha value is -3.12. The first kappa shape index (κ1) is 20.2. The highest BCUT2D eigenvalue weighted by molar-refractivity contribution is 7.09. The molecule has 1 amide bonds. The molecule has 0 radical (unpaired) electrons. The molecular formula is C24H23NO4S. The van der Waals surface area contributed by atoms with Crippen LogP contribution in [0, 0.1) is 0 Å². The molecule has 2 aromatic carbocycles. The van der Waals surface area contributed by atoms with Crippen molar-refractivity contribution in [3.05, 3.63) is 82.0 Å². The highest BCUT2D eigenvalue weighted by Crippen LogP contribution is 2.44. The Balaban J connectivity index is 1.47. The molecule has 3 aromatic rings. The molecular weight excluding hydrogens is 398 g/mol. The molecule has 1 aliphatic rings. The van der Waals surface area contributed by atoms with Crippen LogP contribution in [0.15, 0.2) is 66.0 Å². The zero-order valence-corrected chi connectivity index (χ0v) is 17.4. The van der Waals surface area contributed by atoms with Crippen LogP contribution in [0.25, 0.3) is 11.1 Å². The molecule has 1 atom stereocenters. The van der Waals surface area contributed by atoms with Crippen LogP contribution < -0.4 is 5.32 Å². The van der Waals surface area contributed by atoms with Gasteiger partial charge in [0.15, 0.2) is 0 Å². The Morgan fingerprint density at radius 2 is 1.67 bits per heavy atom. The van der Waals surface area contributed by atoms with Crippen molar-refractivity contribution < 1.29 is 19.4 Å². The number of alkyl carbamates (subject to hydrolysis) is 1. The number of carboxylic acid groups (broad SMARTS) is 1. The predicted molar refractivity (Wildman–Crippen MR) is 117 cm³/mol. The SMILES string of the molecule is CC(CC(=O)O)(Cc1cccs1)NC(=O)OCC1c2ccccc2-c2ccccc21. The smallest absolute Gasteiger partial charge is 0.407 e. The van der Waals surface area contributed by atoms with E-state index in [1.54, 1.807) is 6.92 Å². The summed E-state index contributed by atoms with van der Waals surface area (Å²) >= 11 is 1.54. The molecule has 6 heteroatoms. The molecule has 0 fully saturated rings. The minimum absolute atomic E-state index is 0.0359. The Kier molecular flexibility index (Phi) is 5.59. The highest BCUT2D eigenvalue weighted by atomic mass is 32.1. The number of carbonyl (C=O) groups excluding carboxylic acids is 1. The van der Waals surface area contributed by atoms with Gasteiger partial charge < -0.3 is 15.2 Å². The monoisotopic (exact) mass is 421 g/mol. The Morgan fingerprint density at radius 3 is 2.23 bits per heavy atom. The van der Waals surface area contributed by atoms with Gasteiger partial charge in [-0.25, -0.2) is 4.79 Å². The fourth-order valence-corrected chi connectivity index (χ4v) is 5.05. The van der Waals surface area contributed by atoms with Gasteiger partial charge in [-0.15, -0.1) is 11.3 Å². The zero-order valence-electron chi connectivity index (χ0n) is 16.6. The molecule has 0 spiro atoms. The van der Waals surface area contributed by atoms with Crippen molar-refractivity contribution in [2.24, 2.45) is 0 Å². The second kappa shape index (κ2) is 8.32. The second-order valence-electron chi connectivity index (χ2n) is 7.84. The summed E-state index contributed by atoms with van der Waals surface area (Å²) in [7, 11) is 0. The van der Waals surface area contributed by atoms with Crippen LogP contribution in [0.2, 0.25) is 0 Å². The van der Waals surface area contributed by atoms with Gasteiger partial charge in [-0.05, 0) is 40.6 Å². The molecule has 1 aliphatic carbocycles. The van der Waals surface area contributed by atoms with E-state index in [4.69, 9.17) is 4.74 Å². The highest BCUT2D eigenvalue weighted by Gasteiger charge is 2.33. The van der Waals surface area contributed by atoms with Crippen molar-refractivity contribution in [3.8, 4) is 11.1 Å². The van der Waals surface area contributed by atoms with Gasteiger partial charge in [0.05, 0.1) is 12.0 Å². The van der Waals surface area contributed by atoms with Gasteiger partial charge in [0.1, 0.15) is 6.61 Å². The largest absolute Gasteiger partial charge is 0.481 e. The molecule has 0 saturated carbocycles. The maximum absolute atomic E-state index is 12.6. The first-order valence-corrected chi connectivity index (χ1v) is 10.7. The minimum atomic E-state index is -0.965. The number of nitrogens with one attached hydrogen (secondary N) is 1. The minimum Gasteiger partial charge on any atom is -0.481 e. The summed E-state index contributed by atoms with van der Waals surface area (Å²) in [6.07, 6.45) is -0.354. The van der Waals surface area contributed by atoms with Crippen molar-refractivity contribution in [3.63, 3.8) is 0 Å². The van der Waals surface area contributed by atoms with Gasteiger partial charge in [0.25, 0.3) is 0 Å². The lowest BCUT2D eigenvalue weighted by Crippen LogP contribution is -2.49. The predicted octanol–water partition coefficient (Wildman–Crippen LogP) is 5.06. The molecule has 0 aliphatic heterocycles. The number of ether oxygens (including phenoxy) is 1. The number of aliphatic carboxylic acids is 1. The lowest BCUT2D eigenvalue weighted by molar-refractivity contribution is -0.138. The Morgan fingerprint density at radius 1 is 1.03 bits per heavy atom. The van der Waals surface area contributed by atoms with E-state index in [0.29, 0.717) is 6.42 Å². The van der Waals surface area contributed by atoms with Crippen LogP contribution >= 0.6 is 11.3 Å². The third-order valence-corrected chi connectivity index (χ3v) is 6.31. The third kappa shape index (κ3) is 4.24. The van der Waals surface area contributed by atoms with Gasteiger partial charge >= 0.3 is 12.1 Å². The molecule has 0 saturated heterocycles. The van der Waals surface area contributed by atoms with E-state index in [0.717, 1.165) is 27.1 Å². The molecule has 0 bridgehead atoms. The number of hydrogen-bond donors (Lipinski definition) is 2. The summed E-state index contributed by atoms with van der Waals surface area (Å²) in [4.78, 5) is 25.0. The summed E-state index contributed by atoms with van der Waals surface area (Å²) in [5.74, 6) is -1.00. The quantitative estimate of drug-likeness (QED) is 0.559. The van der Waals surface area contributed by atoms with Crippen LogP contribution in [-0.2, 0) is 16.0 Å². The summed E-state index contributed by atoms with van der Waals surface area (Å²) in [5, 5.41) is 14.1. The summed E-state index contributed by atoms with van der Waals surface area (Å²) in [6.45, 7) is 1.93. The summed E-state index contributed by atoms with van der Waals surface area (Å²) < 4.78 is 5.60. The van der Waals surface area contributed by atoms with E-state index < -0.39 is 17.6 Å². The normalized spacial score (nSPS) is 14.4. The van der Waals surface area contributed by atoms with Crippen molar-refractivity contribution in [1.82, 2.24) is 5.32 Å². The molecule has 1 unspecified atom stereocenters. The van der Waals surface area contributed by atoms with Crippen LogP contribution in [-0.4, -0.2) is 29.3 Å². The number of thiophene rings is 1. The van der Waals surface area contributed by atoms with E-state index >= 15 is 0 Å². The number of benzene rings is 2. The average Bonchev–Trinajstić information content (AvgIpc) is 3.31. The number of carboxylic acids is 1. The number of carbonyl (C=O) groups is 2. The zero-order chi connectivity index (χ0) is 21.1. The van der Waals surface area contributed by atoms with E-state index in [-0.39, 0.29) is 18.9 Å². The topological polar surface area (TPSA) is 75.6 Å². The fraction of sp³-hybridized carbons (Fsp3) is 0.250. The fourth-order valence-electron chi connectivity index (χ4n) is 4.16. The van der Waals surface area contributed by atoms with Gasteiger partial charge in [-0.2, -0.15) is 0 Å². The molecule has 5 nitrogen and oxygen atoms in total. The van der Waals surface area contributed by atoms with Gasteiger partial charge in [-0.3, -0.25) is 4.79 Å². The third-order valence-electron chi connectivity index (χ3n) is 5.43.